The van der Waals surface area contributed by atoms with Gasteiger partial charge in [0.2, 0.25) is 0 Å². The van der Waals surface area contributed by atoms with Crippen LogP contribution >= 0.6 is 0 Å². The van der Waals surface area contributed by atoms with E-state index in [1.54, 1.807) is 6.20 Å². The van der Waals surface area contributed by atoms with E-state index >= 15 is 0 Å². The van der Waals surface area contributed by atoms with Gasteiger partial charge in [-0.2, -0.15) is 0 Å². The minimum atomic E-state index is -2.49. The van der Waals surface area contributed by atoms with Gasteiger partial charge in [0, 0.05) is 17.8 Å². The molecule has 1 N–H and O–H groups in total. The van der Waals surface area contributed by atoms with Crippen LogP contribution in [0.3, 0.4) is 0 Å². The second-order valence-electron chi connectivity index (χ2n) is 3.85. The van der Waals surface area contributed by atoms with Gasteiger partial charge in [0.15, 0.2) is 0 Å². The van der Waals surface area contributed by atoms with E-state index < -0.39 is 13.0 Å². The number of aliphatic hydroxyl groups excluding tert-OH is 1. The summed E-state index contributed by atoms with van der Waals surface area (Å²) in [6.45, 7) is -0.829. The molecular formula is C11H13F2NO2. The van der Waals surface area contributed by atoms with Crippen LogP contribution in [0.4, 0.5) is 8.78 Å². The Labute approximate surface area is 92.1 Å². The van der Waals surface area contributed by atoms with Crippen molar-refractivity contribution in [1.29, 1.82) is 0 Å². The zero-order valence-electron chi connectivity index (χ0n) is 8.70. The molecule has 5 heteroatoms. The lowest BCUT2D eigenvalue weighted by molar-refractivity contribution is 0.0812. The average molecular weight is 229 g/mol. The quantitative estimate of drug-likeness (QED) is 0.840. The standard InChI is InChI=1S/C11H13F2NO2/c12-11(13)6-16-10-3-8(5-15)14-4-9(10)7-1-2-7/h3-4,7,11,15H,1-2,5-6H2. The maximum absolute atomic E-state index is 12.1. The van der Waals surface area contributed by atoms with E-state index in [0.29, 0.717) is 17.4 Å². The Kier molecular flexibility index (Phi) is 3.33. The first-order chi connectivity index (χ1) is 7.70. The summed E-state index contributed by atoms with van der Waals surface area (Å²) in [5, 5.41) is 8.92. The number of nitrogens with zero attached hydrogens (tertiary/aromatic N) is 1. The van der Waals surface area contributed by atoms with Crippen molar-refractivity contribution in [3.63, 3.8) is 0 Å². The van der Waals surface area contributed by atoms with Gasteiger partial charge in [-0.3, -0.25) is 4.98 Å². The van der Waals surface area contributed by atoms with Crippen LogP contribution in [0.2, 0.25) is 0 Å². The predicted octanol–water partition coefficient (Wildman–Crippen LogP) is 2.10. The van der Waals surface area contributed by atoms with Gasteiger partial charge in [-0.15, -0.1) is 0 Å². The van der Waals surface area contributed by atoms with Crippen molar-refractivity contribution in [2.45, 2.75) is 31.8 Å². The van der Waals surface area contributed by atoms with E-state index in [-0.39, 0.29) is 6.61 Å². The molecule has 88 valence electrons. The fraction of sp³-hybridized carbons (Fsp3) is 0.545. The Morgan fingerprint density at radius 2 is 2.25 bits per heavy atom. The number of halogens is 2. The molecule has 1 saturated carbocycles. The van der Waals surface area contributed by atoms with Gasteiger partial charge in [-0.1, -0.05) is 0 Å². The number of hydrogen-bond acceptors (Lipinski definition) is 3. The van der Waals surface area contributed by atoms with Gasteiger partial charge in [-0.25, -0.2) is 8.78 Å². The summed E-state index contributed by atoms with van der Waals surface area (Å²) in [4.78, 5) is 4.03. The molecule has 0 radical (unpaired) electrons. The molecule has 0 unspecified atom stereocenters. The number of pyridine rings is 1. The van der Waals surface area contributed by atoms with Crippen molar-refractivity contribution in [2.75, 3.05) is 6.61 Å². The molecular weight excluding hydrogens is 216 g/mol. The summed E-state index contributed by atoms with van der Waals surface area (Å²) < 4.78 is 29.2. The number of hydrogen-bond donors (Lipinski definition) is 1. The summed E-state index contributed by atoms with van der Waals surface area (Å²) in [6.07, 6.45) is 1.22. The Morgan fingerprint density at radius 1 is 1.50 bits per heavy atom. The van der Waals surface area contributed by atoms with E-state index in [0.717, 1.165) is 18.4 Å². The molecule has 0 atom stereocenters. The van der Waals surface area contributed by atoms with Crippen molar-refractivity contribution < 1.29 is 18.6 Å². The Balaban J connectivity index is 2.16. The Bertz CT molecular complexity index is 367. The summed E-state index contributed by atoms with van der Waals surface area (Å²) in [5.74, 6) is 0.815. The third-order valence-corrected chi connectivity index (χ3v) is 2.50. The molecule has 3 nitrogen and oxygen atoms in total. The largest absolute Gasteiger partial charge is 0.487 e. The maximum atomic E-state index is 12.1. The van der Waals surface area contributed by atoms with Crippen LogP contribution < -0.4 is 4.74 Å². The molecule has 0 aliphatic heterocycles. The number of ether oxygens (including phenoxy) is 1. The maximum Gasteiger partial charge on any atom is 0.272 e. The normalized spacial score (nSPS) is 15.5. The number of alkyl halides is 2. The molecule has 0 bridgehead atoms. The lowest BCUT2D eigenvalue weighted by atomic mass is 10.1. The number of aromatic nitrogens is 1. The lowest BCUT2D eigenvalue weighted by Crippen LogP contribution is -2.09. The monoisotopic (exact) mass is 229 g/mol. The second kappa shape index (κ2) is 4.74. The van der Waals surface area contributed by atoms with Gasteiger partial charge in [0.1, 0.15) is 12.4 Å². The zero-order valence-corrected chi connectivity index (χ0v) is 8.70. The summed E-state index contributed by atoms with van der Waals surface area (Å²) in [6, 6.07) is 1.54. The Hall–Kier alpha value is -1.23. The van der Waals surface area contributed by atoms with E-state index in [1.165, 1.54) is 6.07 Å². The van der Waals surface area contributed by atoms with Gasteiger partial charge < -0.3 is 9.84 Å². The second-order valence-corrected chi connectivity index (χ2v) is 3.85. The van der Waals surface area contributed by atoms with Gasteiger partial charge in [0.05, 0.1) is 12.3 Å². The highest BCUT2D eigenvalue weighted by molar-refractivity contribution is 5.38. The van der Waals surface area contributed by atoms with Crippen molar-refractivity contribution in [1.82, 2.24) is 4.98 Å². The van der Waals surface area contributed by atoms with Crippen molar-refractivity contribution in [3.05, 3.63) is 23.5 Å². The van der Waals surface area contributed by atoms with Crippen molar-refractivity contribution in [2.24, 2.45) is 0 Å². The number of rotatable bonds is 5. The molecule has 0 amide bonds. The molecule has 1 heterocycles. The van der Waals surface area contributed by atoms with Crippen LogP contribution in [0.5, 0.6) is 5.75 Å². The molecule has 1 aliphatic carbocycles. The summed E-state index contributed by atoms with van der Waals surface area (Å²) in [5.41, 5.74) is 1.31. The first-order valence-corrected chi connectivity index (χ1v) is 5.21. The van der Waals surface area contributed by atoms with Crippen LogP contribution in [0.25, 0.3) is 0 Å². The van der Waals surface area contributed by atoms with Crippen LogP contribution in [0.1, 0.15) is 30.0 Å². The van der Waals surface area contributed by atoms with Crippen molar-refractivity contribution >= 4 is 0 Å². The third kappa shape index (κ3) is 2.66. The van der Waals surface area contributed by atoms with E-state index in [4.69, 9.17) is 9.84 Å². The minimum Gasteiger partial charge on any atom is -0.487 e. The number of aliphatic hydroxyl groups is 1. The van der Waals surface area contributed by atoms with Crippen LogP contribution in [0, 0.1) is 0 Å². The minimum absolute atomic E-state index is 0.212. The van der Waals surface area contributed by atoms with Gasteiger partial charge in [0.25, 0.3) is 6.43 Å². The molecule has 0 spiro atoms. The SMILES string of the molecule is OCc1cc(OCC(F)F)c(C2CC2)cn1. The fourth-order valence-corrected chi connectivity index (χ4v) is 1.55. The molecule has 0 saturated heterocycles. The fourth-order valence-electron chi connectivity index (χ4n) is 1.55. The van der Waals surface area contributed by atoms with Crippen molar-refractivity contribution in [3.8, 4) is 5.75 Å². The van der Waals surface area contributed by atoms with Gasteiger partial charge in [-0.05, 0) is 18.8 Å². The molecule has 1 aromatic heterocycles. The Morgan fingerprint density at radius 3 is 2.81 bits per heavy atom. The lowest BCUT2D eigenvalue weighted by Gasteiger charge is -2.11. The van der Waals surface area contributed by atoms with E-state index in [2.05, 4.69) is 4.98 Å². The summed E-state index contributed by atoms with van der Waals surface area (Å²) >= 11 is 0. The van der Waals surface area contributed by atoms with Crippen LogP contribution in [-0.4, -0.2) is 23.1 Å². The smallest absolute Gasteiger partial charge is 0.272 e. The first-order valence-electron chi connectivity index (χ1n) is 5.21. The molecule has 0 aromatic carbocycles. The molecule has 1 aromatic rings. The van der Waals surface area contributed by atoms with E-state index in [1.807, 2.05) is 0 Å². The highest BCUT2D eigenvalue weighted by Gasteiger charge is 2.27. The topological polar surface area (TPSA) is 42.4 Å². The predicted molar refractivity (Wildman–Crippen MR) is 53.6 cm³/mol. The molecule has 1 aliphatic rings. The zero-order chi connectivity index (χ0) is 11.5. The molecule has 2 rings (SSSR count). The van der Waals surface area contributed by atoms with Gasteiger partial charge >= 0.3 is 0 Å². The first kappa shape index (κ1) is 11.3. The third-order valence-electron chi connectivity index (χ3n) is 2.50. The summed E-state index contributed by atoms with van der Waals surface area (Å²) in [7, 11) is 0. The highest BCUT2D eigenvalue weighted by Crippen LogP contribution is 2.44. The van der Waals surface area contributed by atoms with Crippen LogP contribution in [0.15, 0.2) is 12.3 Å². The molecule has 1 fully saturated rings. The molecule has 16 heavy (non-hydrogen) atoms. The van der Waals surface area contributed by atoms with E-state index in [9.17, 15) is 8.78 Å². The highest BCUT2D eigenvalue weighted by atomic mass is 19.3. The van der Waals surface area contributed by atoms with Crippen LogP contribution in [-0.2, 0) is 6.61 Å². The average Bonchev–Trinajstić information content (AvgIpc) is 3.09.